The van der Waals surface area contributed by atoms with Crippen LogP contribution in [0, 0.1) is 30.0 Å². The zero-order valence-corrected chi connectivity index (χ0v) is 19.0. The van der Waals surface area contributed by atoms with Crippen LogP contribution in [-0.2, 0) is 14.8 Å². The van der Waals surface area contributed by atoms with Crippen LogP contribution in [0.2, 0.25) is 0 Å². The third kappa shape index (κ3) is 3.95. The van der Waals surface area contributed by atoms with Gasteiger partial charge in [0.15, 0.2) is 0 Å². The molecule has 0 radical (unpaired) electrons. The van der Waals surface area contributed by atoms with Crippen molar-refractivity contribution in [3.63, 3.8) is 0 Å². The molecule has 2 N–H and O–H groups in total. The van der Waals surface area contributed by atoms with E-state index in [9.17, 15) is 17.6 Å². The quantitative estimate of drug-likeness (QED) is 0.641. The minimum absolute atomic E-state index is 0.0237. The second-order valence-electron chi connectivity index (χ2n) is 10.3. The van der Waals surface area contributed by atoms with Gasteiger partial charge in [-0.2, -0.15) is 0 Å². The maximum atomic E-state index is 13.7. The molecule has 6 rings (SSSR count). The van der Waals surface area contributed by atoms with Crippen LogP contribution in [0.5, 0.6) is 0 Å². The van der Waals surface area contributed by atoms with Crippen LogP contribution in [0.4, 0.5) is 4.39 Å². The van der Waals surface area contributed by atoms with E-state index >= 15 is 0 Å². The summed E-state index contributed by atoms with van der Waals surface area (Å²) in [5, 5.41) is 3.55. The SMILES string of the molecule is C#C[C@@H]1CCCN1C(=O)CNC12CC3CC(C1)CC(NS(=O)(=O)c1cccc(F)c1)(C3)C2. The number of carbonyl (C=O) groups excluding carboxylic acids is 1. The van der Waals surface area contributed by atoms with Crippen molar-refractivity contribution >= 4 is 15.9 Å². The van der Waals surface area contributed by atoms with Crippen LogP contribution in [0.3, 0.4) is 0 Å². The fraction of sp³-hybridized carbons (Fsp3) is 0.625. The number of rotatable bonds is 6. The lowest BCUT2D eigenvalue weighted by atomic mass is 9.50. The predicted molar refractivity (Wildman–Crippen MR) is 118 cm³/mol. The number of amides is 1. The molecule has 3 atom stereocenters. The molecule has 1 aromatic rings. The van der Waals surface area contributed by atoms with Crippen molar-refractivity contribution in [2.45, 2.75) is 73.4 Å². The Morgan fingerprint density at radius 3 is 2.62 bits per heavy atom. The van der Waals surface area contributed by atoms with Crippen molar-refractivity contribution in [2.24, 2.45) is 11.8 Å². The van der Waals surface area contributed by atoms with E-state index in [1.165, 1.54) is 18.2 Å². The van der Waals surface area contributed by atoms with Gasteiger partial charge in [0.05, 0.1) is 17.5 Å². The van der Waals surface area contributed by atoms with Crippen molar-refractivity contribution in [3.8, 4) is 12.3 Å². The minimum Gasteiger partial charge on any atom is -0.328 e. The molecule has 2 unspecified atom stereocenters. The summed E-state index contributed by atoms with van der Waals surface area (Å²) in [4.78, 5) is 14.6. The number of terminal acetylenes is 1. The van der Waals surface area contributed by atoms with Crippen molar-refractivity contribution in [3.05, 3.63) is 30.1 Å². The van der Waals surface area contributed by atoms with Gasteiger partial charge in [0.25, 0.3) is 0 Å². The molecule has 1 saturated heterocycles. The Morgan fingerprint density at radius 2 is 1.94 bits per heavy atom. The highest BCUT2D eigenvalue weighted by Crippen LogP contribution is 2.57. The van der Waals surface area contributed by atoms with E-state index in [2.05, 4.69) is 16.0 Å². The number of nitrogens with one attached hydrogen (secondary N) is 2. The standard InChI is InChI=1S/C24H30FN3O3S/c1-2-20-6-4-8-28(20)22(29)15-26-23-11-17-9-18(12-23)14-24(13-17,16-23)27-32(30,31)21-7-3-5-19(25)10-21/h1,3,5,7,10,17-18,20,26-27H,4,6,8-9,11-16H2/t17?,18?,20-,23?,24?/m1/s1. The first-order chi connectivity index (χ1) is 15.2. The van der Waals surface area contributed by atoms with Gasteiger partial charge in [0.1, 0.15) is 5.82 Å². The van der Waals surface area contributed by atoms with Crippen LogP contribution >= 0.6 is 0 Å². The van der Waals surface area contributed by atoms with Crippen molar-refractivity contribution < 1.29 is 17.6 Å². The first-order valence-corrected chi connectivity index (χ1v) is 13.0. The highest BCUT2D eigenvalue weighted by atomic mass is 32.2. The summed E-state index contributed by atoms with van der Waals surface area (Å²) in [6, 6.07) is 5.03. The molecule has 6 nitrogen and oxygen atoms in total. The highest BCUT2D eigenvalue weighted by molar-refractivity contribution is 7.89. The van der Waals surface area contributed by atoms with Gasteiger partial charge in [-0.1, -0.05) is 12.0 Å². The predicted octanol–water partition coefficient (Wildman–Crippen LogP) is 2.41. The maximum absolute atomic E-state index is 13.7. The molecule has 1 heterocycles. The molecule has 0 aromatic heterocycles. The third-order valence-electron chi connectivity index (χ3n) is 7.90. The van der Waals surface area contributed by atoms with E-state index in [1.807, 2.05) is 0 Å². The summed E-state index contributed by atoms with van der Waals surface area (Å²) in [6.45, 7) is 0.926. The minimum atomic E-state index is -3.84. The van der Waals surface area contributed by atoms with E-state index in [1.54, 1.807) is 4.90 Å². The lowest BCUT2D eigenvalue weighted by Gasteiger charge is -2.62. The van der Waals surface area contributed by atoms with Gasteiger partial charge in [-0.3, -0.25) is 4.79 Å². The summed E-state index contributed by atoms with van der Waals surface area (Å²) in [5.41, 5.74) is -0.810. The molecule has 0 spiro atoms. The zero-order valence-electron chi connectivity index (χ0n) is 18.1. The summed E-state index contributed by atoms with van der Waals surface area (Å²) < 4.78 is 42.8. The summed E-state index contributed by atoms with van der Waals surface area (Å²) in [6.07, 6.45) is 12.6. The van der Waals surface area contributed by atoms with Gasteiger partial charge in [0.2, 0.25) is 15.9 Å². The Hall–Kier alpha value is -1.95. The first-order valence-electron chi connectivity index (χ1n) is 11.5. The van der Waals surface area contributed by atoms with Crippen molar-refractivity contribution in [1.29, 1.82) is 0 Å². The molecule has 1 aliphatic heterocycles. The van der Waals surface area contributed by atoms with Crippen molar-refractivity contribution in [2.75, 3.05) is 13.1 Å². The molecule has 4 saturated carbocycles. The average molecular weight is 460 g/mol. The topological polar surface area (TPSA) is 78.5 Å². The Balaban J connectivity index is 1.33. The Kier molecular flexibility index (Phi) is 5.35. The number of nitrogens with zero attached hydrogens (tertiary/aromatic N) is 1. The number of sulfonamides is 1. The van der Waals surface area contributed by atoms with Gasteiger partial charge in [-0.05, 0) is 81.4 Å². The number of likely N-dealkylation sites (tertiary alicyclic amines) is 1. The number of halogens is 1. The molecule has 1 amide bonds. The van der Waals surface area contributed by atoms with E-state index in [-0.39, 0.29) is 28.9 Å². The summed E-state index contributed by atoms with van der Waals surface area (Å²) in [5.74, 6) is 3.00. The van der Waals surface area contributed by atoms with Crippen LogP contribution in [-0.4, -0.2) is 49.4 Å². The lowest BCUT2D eigenvalue weighted by Crippen LogP contribution is -2.69. The third-order valence-corrected chi connectivity index (χ3v) is 9.47. The van der Waals surface area contributed by atoms with Crippen LogP contribution in [0.15, 0.2) is 29.2 Å². The lowest BCUT2D eigenvalue weighted by molar-refractivity contribution is -0.131. The molecule has 5 fully saturated rings. The maximum Gasteiger partial charge on any atom is 0.241 e. The van der Waals surface area contributed by atoms with Gasteiger partial charge in [-0.25, -0.2) is 17.5 Å². The summed E-state index contributed by atoms with van der Waals surface area (Å²) in [7, 11) is -3.84. The molecular formula is C24H30FN3O3S. The van der Waals surface area contributed by atoms with Gasteiger partial charge in [0, 0.05) is 17.6 Å². The molecule has 8 heteroatoms. The second-order valence-corrected chi connectivity index (χ2v) is 12.0. The number of hydrogen-bond acceptors (Lipinski definition) is 4. The van der Waals surface area contributed by atoms with Gasteiger partial charge in [-0.15, -0.1) is 6.42 Å². The monoisotopic (exact) mass is 459 g/mol. The van der Waals surface area contributed by atoms with Crippen LogP contribution in [0.25, 0.3) is 0 Å². The number of carbonyl (C=O) groups is 1. The van der Waals surface area contributed by atoms with E-state index in [0.29, 0.717) is 24.8 Å². The second kappa shape index (κ2) is 7.82. The molecule has 4 aliphatic carbocycles. The van der Waals surface area contributed by atoms with Gasteiger partial charge >= 0.3 is 0 Å². The molecule has 172 valence electrons. The number of hydrogen-bond donors (Lipinski definition) is 2. The molecular weight excluding hydrogens is 429 g/mol. The Bertz CT molecular complexity index is 1050. The fourth-order valence-electron chi connectivity index (χ4n) is 7.17. The Labute approximate surface area is 189 Å². The fourth-order valence-corrected chi connectivity index (χ4v) is 8.62. The van der Waals surface area contributed by atoms with Crippen LogP contribution < -0.4 is 10.0 Å². The smallest absolute Gasteiger partial charge is 0.241 e. The molecule has 5 aliphatic rings. The average Bonchev–Trinajstić information content (AvgIpc) is 3.19. The first kappa shape index (κ1) is 21.9. The van der Waals surface area contributed by atoms with Gasteiger partial charge < -0.3 is 10.2 Å². The number of benzene rings is 1. The highest BCUT2D eigenvalue weighted by Gasteiger charge is 2.58. The zero-order chi connectivity index (χ0) is 22.6. The van der Waals surface area contributed by atoms with E-state index in [4.69, 9.17) is 6.42 Å². The normalized spacial score (nSPS) is 35.8. The molecule has 4 bridgehead atoms. The largest absolute Gasteiger partial charge is 0.328 e. The molecule has 32 heavy (non-hydrogen) atoms. The van der Waals surface area contributed by atoms with E-state index in [0.717, 1.165) is 51.0 Å². The molecule has 1 aromatic carbocycles. The van der Waals surface area contributed by atoms with Crippen molar-refractivity contribution in [1.82, 2.24) is 14.9 Å². The summed E-state index contributed by atoms with van der Waals surface area (Å²) >= 11 is 0. The van der Waals surface area contributed by atoms with E-state index < -0.39 is 21.4 Å². The van der Waals surface area contributed by atoms with Crippen LogP contribution in [0.1, 0.15) is 51.4 Å². The Morgan fingerprint density at radius 1 is 1.22 bits per heavy atom.